The van der Waals surface area contributed by atoms with Crippen molar-refractivity contribution in [2.45, 2.75) is 12.5 Å². The number of benzene rings is 2. The van der Waals surface area contributed by atoms with Gasteiger partial charge >= 0.3 is 12.1 Å². The molecule has 1 atom stereocenters. The van der Waals surface area contributed by atoms with Crippen LogP contribution in [0.15, 0.2) is 48.5 Å². The van der Waals surface area contributed by atoms with E-state index in [1.165, 1.54) is 9.80 Å². The molecular weight excluding hydrogens is 384 g/mol. The first-order valence-electron chi connectivity index (χ1n) is 9.95. The molecule has 2 aromatic rings. The van der Waals surface area contributed by atoms with Crippen LogP contribution in [0.1, 0.15) is 37.9 Å². The summed E-state index contributed by atoms with van der Waals surface area (Å²) < 4.78 is 0. The van der Waals surface area contributed by atoms with Gasteiger partial charge in [-0.05, 0) is 29.7 Å². The fraction of sp³-hybridized carbons (Fsp3) is 0.273. The van der Waals surface area contributed by atoms with E-state index in [1.807, 2.05) is 24.3 Å². The summed E-state index contributed by atoms with van der Waals surface area (Å²) in [4.78, 5) is 55.1. The summed E-state index contributed by atoms with van der Waals surface area (Å²) in [6, 6.07) is 13.1. The lowest BCUT2D eigenvalue weighted by Gasteiger charge is -2.39. The van der Waals surface area contributed by atoms with Crippen LogP contribution in [0.25, 0.3) is 0 Å². The Morgan fingerprint density at radius 3 is 2.27 bits per heavy atom. The zero-order chi connectivity index (χ0) is 20.8. The molecule has 1 unspecified atom stereocenters. The Hall–Kier alpha value is -3.68. The van der Waals surface area contributed by atoms with Gasteiger partial charge in [0.15, 0.2) is 0 Å². The van der Waals surface area contributed by atoms with Crippen molar-refractivity contribution in [3.05, 3.63) is 70.8 Å². The molecule has 0 spiro atoms. The molecule has 3 aliphatic heterocycles. The van der Waals surface area contributed by atoms with Gasteiger partial charge in [-0.25, -0.2) is 14.5 Å². The van der Waals surface area contributed by atoms with Gasteiger partial charge < -0.3 is 10.2 Å². The molecule has 8 heteroatoms. The third kappa shape index (κ3) is 2.75. The van der Waals surface area contributed by atoms with Crippen LogP contribution in [-0.2, 0) is 6.42 Å². The van der Waals surface area contributed by atoms with E-state index in [0.717, 1.165) is 11.1 Å². The number of carbonyl (C=O) groups is 4. The molecule has 0 radical (unpaired) electrons. The fourth-order valence-corrected chi connectivity index (χ4v) is 4.46. The summed E-state index contributed by atoms with van der Waals surface area (Å²) in [7, 11) is 0. The molecule has 2 aromatic carbocycles. The molecule has 1 fully saturated rings. The van der Waals surface area contributed by atoms with E-state index in [1.54, 1.807) is 29.2 Å². The zero-order valence-corrected chi connectivity index (χ0v) is 16.2. The number of fused-ring (bicyclic) bond motifs is 2. The van der Waals surface area contributed by atoms with E-state index < -0.39 is 18.1 Å². The van der Waals surface area contributed by atoms with Gasteiger partial charge in [-0.3, -0.25) is 14.5 Å². The summed E-state index contributed by atoms with van der Waals surface area (Å²) in [5, 5.41) is 2.64. The first-order valence-corrected chi connectivity index (χ1v) is 9.95. The zero-order valence-electron chi connectivity index (χ0n) is 16.2. The number of carbonyl (C=O) groups excluding carboxylic acids is 4. The van der Waals surface area contributed by atoms with Crippen LogP contribution in [0.5, 0.6) is 0 Å². The van der Waals surface area contributed by atoms with Crippen LogP contribution in [-0.4, -0.2) is 64.8 Å². The smallest absolute Gasteiger partial charge is 0.328 e. The summed E-state index contributed by atoms with van der Waals surface area (Å²) >= 11 is 0. The van der Waals surface area contributed by atoms with E-state index in [2.05, 4.69) is 5.32 Å². The Labute approximate surface area is 173 Å². The molecule has 8 nitrogen and oxygen atoms in total. The average Bonchev–Trinajstić information content (AvgIpc) is 3.30. The van der Waals surface area contributed by atoms with E-state index in [0.29, 0.717) is 37.2 Å². The molecule has 1 N–H and O–H groups in total. The minimum absolute atomic E-state index is 0.0462. The van der Waals surface area contributed by atoms with Crippen LogP contribution < -0.4 is 5.32 Å². The molecule has 1 saturated heterocycles. The quantitative estimate of drug-likeness (QED) is 0.776. The summed E-state index contributed by atoms with van der Waals surface area (Å²) in [5.41, 5.74) is 2.73. The summed E-state index contributed by atoms with van der Waals surface area (Å²) in [6.45, 7) is 1.17. The Morgan fingerprint density at radius 1 is 0.933 bits per heavy atom. The number of imide groups is 2. The lowest BCUT2D eigenvalue weighted by molar-refractivity contribution is 0.0586. The van der Waals surface area contributed by atoms with Crippen molar-refractivity contribution in [3.8, 4) is 0 Å². The first kappa shape index (κ1) is 18.4. The predicted molar refractivity (Wildman–Crippen MR) is 107 cm³/mol. The maximum absolute atomic E-state index is 13.2. The van der Waals surface area contributed by atoms with Crippen molar-refractivity contribution in [2.24, 2.45) is 0 Å². The van der Waals surface area contributed by atoms with Crippen molar-refractivity contribution in [1.29, 1.82) is 0 Å². The normalized spacial score (nSPS) is 20.3. The van der Waals surface area contributed by atoms with E-state index in [-0.39, 0.29) is 18.4 Å². The Morgan fingerprint density at radius 2 is 1.60 bits per heavy atom. The summed E-state index contributed by atoms with van der Waals surface area (Å²) in [5.74, 6) is -0.713. The molecule has 3 aliphatic rings. The maximum atomic E-state index is 13.2. The predicted octanol–water partition coefficient (Wildman–Crippen LogP) is 2.03. The molecule has 3 heterocycles. The Balaban J connectivity index is 1.50. The van der Waals surface area contributed by atoms with E-state index >= 15 is 0 Å². The molecule has 0 bridgehead atoms. The number of nitrogens with one attached hydrogen (secondary N) is 1. The number of rotatable bonds is 2. The molecule has 0 saturated carbocycles. The van der Waals surface area contributed by atoms with Crippen LogP contribution >= 0.6 is 0 Å². The molecule has 30 heavy (non-hydrogen) atoms. The van der Waals surface area contributed by atoms with E-state index in [4.69, 9.17) is 0 Å². The highest BCUT2D eigenvalue weighted by molar-refractivity contribution is 6.21. The summed E-state index contributed by atoms with van der Waals surface area (Å²) in [6.07, 6.45) is 0.649. The topological polar surface area (TPSA) is 90.0 Å². The number of urea groups is 2. The molecule has 152 valence electrons. The Bertz CT molecular complexity index is 1050. The van der Waals surface area contributed by atoms with Crippen LogP contribution in [0.4, 0.5) is 9.59 Å². The highest BCUT2D eigenvalue weighted by atomic mass is 16.2. The third-order valence-corrected chi connectivity index (χ3v) is 5.98. The van der Waals surface area contributed by atoms with Gasteiger partial charge in [0.2, 0.25) is 0 Å². The monoisotopic (exact) mass is 404 g/mol. The van der Waals surface area contributed by atoms with Crippen molar-refractivity contribution < 1.29 is 19.2 Å². The van der Waals surface area contributed by atoms with Gasteiger partial charge in [-0.15, -0.1) is 0 Å². The lowest BCUT2D eigenvalue weighted by atomic mass is 9.92. The van der Waals surface area contributed by atoms with Crippen molar-refractivity contribution in [2.75, 3.05) is 26.2 Å². The van der Waals surface area contributed by atoms with Crippen molar-refractivity contribution in [3.63, 3.8) is 0 Å². The lowest BCUT2D eigenvalue weighted by Crippen LogP contribution is -2.51. The fourth-order valence-electron chi connectivity index (χ4n) is 4.46. The van der Waals surface area contributed by atoms with Gasteiger partial charge in [0.25, 0.3) is 11.8 Å². The van der Waals surface area contributed by atoms with Crippen molar-refractivity contribution in [1.82, 2.24) is 20.0 Å². The van der Waals surface area contributed by atoms with Crippen LogP contribution in [0, 0.1) is 0 Å². The van der Waals surface area contributed by atoms with Gasteiger partial charge in [0.1, 0.15) is 0 Å². The number of hydrogen-bond acceptors (Lipinski definition) is 4. The number of nitrogens with zero attached hydrogens (tertiary/aromatic N) is 3. The minimum atomic E-state index is -0.516. The maximum Gasteiger partial charge on any atom is 0.328 e. The molecule has 5 rings (SSSR count). The van der Waals surface area contributed by atoms with Gasteiger partial charge in [-0.1, -0.05) is 36.4 Å². The largest absolute Gasteiger partial charge is 0.336 e. The minimum Gasteiger partial charge on any atom is -0.336 e. The van der Waals surface area contributed by atoms with Crippen LogP contribution in [0.2, 0.25) is 0 Å². The van der Waals surface area contributed by atoms with Crippen LogP contribution in [0.3, 0.4) is 0 Å². The third-order valence-electron chi connectivity index (χ3n) is 5.98. The van der Waals surface area contributed by atoms with Gasteiger partial charge in [0.05, 0.1) is 23.7 Å². The van der Waals surface area contributed by atoms with Crippen molar-refractivity contribution >= 4 is 23.9 Å². The van der Waals surface area contributed by atoms with Gasteiger partial charge in [0, 0.05) is 19.6 Å². The molecular formula is C22H20N4O4. The van der Waals surface area contributed by atoms with E-state index in [9.17, 15) is 19.2 Å². The second-order valence-corrected chi connectivity index (χ2v) is 7.59. The average molecular weight is 404 g/mol. The second-order valence-electron chi connectivity index (χ2n) is 7.59. The Kier molecular flexibility index (Phi) is 4.27. The highest BCUT2D eigenvalue weighted by Crippen LogP contribution is 2.34. The molecule has 6 amide bonds. The second kappa shape index (κ2) is 6.98. The van der Waals surface area contributed by atoms with Gasteiger partial charge in [-0.2, -0.15) is 0 Å². The number of hydrogen-bond donors (Lipinski definition) is 1. The number of amides is 6. The molecule has 0 aromatic heterocycles. The first-order chi connectivity index (χ1) is 14.6. The SMILES string of the molecule is O=C1NCCN1C(=O)N1CCc2ccccc2C1CN1C(=O)c2ccccc2C1=O. The standard InChI is InChI=1S/C22H20N4O4/c27-19-16-7-3-4-8-17(16)20(28)26(19)13-18-15-6-2-1-5-14(15)9-11-24(18)22(30)25-12-10-23-21(25)29/h1-8,18H,9-13H2,(H,23,29). The molecule has 0 aliphatic carbocycles. The highest BCUT2D eigenvalue weighted by Gasteiger charge is 2.42.